The zero-order chi connectivity index (χ0) is 17.4. The predicted molar refractivity (Wildman–Crippen MR) is 94.8 cm³/mol. The predicted octanol–water partition coefficient (Wildman–Crippen LogP) is 2.66. The SMILES string of the molecule is COc1ccc(NCC(=O)N/N=C(\C)c2cccc(OC)c2)cc1. The third-order valence-corrected chi connectivity index (χ3v) is 3.38. The molecule has 126 valence electrons. The lowest BCUT2D eigenvalue weighted by atomic mass is 10.1. The van der Waals surface area contributed by atoms with Gasteiger partial charge < -0.3 is 14.8 Å². The minimum absolute atomic E-state index is 0.126. The van der Waals surface area contributed by atoms with E-state index in [0.29, 0.717) is 5.71 Å². The number of hydrogen-bond acceptors (Lipinski definition) is 5. The molecule has 0 aliphatic rings. The maximum atomic E-state index is 11.9. The average molecular weight is 327 g/mol. The summed E-state index contributed by atoms with van der Waals surface area (Å²) in [4.78, 5) is 11.9. The van der Waals surface area contributed by atoms with Crippen molar-refractivity contribution in [1.82, 2.24) is 5.43 Å². The van der Waals surface area contributed by atoms with Crippen molar-refractivity contribution in [2.75, 3.05) is 26.1 Å². The maximum Gasteiger partial charge on any atom is 0.259 e. The lowest BCUT2D eigenvalue weighted by Gasteiger charge is -2.07. The van der Waals surface area contributed by atoms with Crippen LogP contribution in [0.25, 0.3) is 0 Å². The van der Waals surface area contributed by atoms with Crippen LogP contribution < -0.4 is 20.2 Å². The smallest absolute Gasteiger partial charge is 0.259 e. The van der Waals surface area contributed by atoms with Crippen LogP contribution in [0.5, 0.6) is 11.5 Å². The monoisotopic (exact) mass is 327 g/mol. The molecule has 1 amide bonds. The Hall–Kier alpha value is -3.02. The number of nitrogens with zero attached hydrogens (tertiary/aromatic N) is 1. The Morgan fingerprint density at radius 2 is 1.75 bits per heavy atom. The van der Waals surface area contributed by atoms with E-state index in [1.807, 2.05) is 55.5 Å². The molecular formula is C18H21N3O3. The van der Waals surface area contributed by atoms with Crippen LogP contribution in [-0.2, 0) is 4.79 Å². The van der Waals surface area contributed by atoms with Gasteiger partial charge in [0.15, 0.2) is 0 Å². The second-order valence-electron chi connectivity index (χ2n) is 5.05. The lowest BCUT2D eigenvalue weighted by Crippen LogP contribution is -2.26. The molecule has 2 rings (SSSR count). The van der Waals surface area contributed by atoms with Crippen molar-refractivity contribution in [2.45, 2.75) is 6.92 Å². The molecule has 6 heteroatoms. The van der Waals surface area contributed by atoms with E-state index in [-0.39, 0.29) is 12.5 Å². The minimum Gasteiger partial charge on any atom is -0.497 e. The topological polar surface area (TPSA) is 72.0 Å². The Morgan fingerprint density at radius 1 is 1.04 bits per heavy atom. The Kier molecular flexibility index (Phi) is 6.19. The molecule has 0 unspecified atom stereocenters. The van der Waals surface area contributed by atoms with Gasteiger partial charge >= 0.3 is 0 Å². The van der Waals surface area contributed by atoms with Crippen molar-refractivity contribution in [3.05, 3.63) is 54.1 Å². The summed E-state index contributed by atoms with van der Waals surface area (Å²) in [5.41, 5.74) is 4.95. The summed E-state index contributed by atoms with van der Waals surface area (Å²) in [6, 6.07) is 14.8. The van der Waals surface area contributed by atoms with Gasteiger partial charge in [0, 0.05) is 11.3 Å². The standard InChI is InChI=1S/C18H21N3O3/c1-13(14-5-4-6-17(11-14)24-3)20-21-18(22)12-19-15-7-9-16(23-2)10-8-15/h4-11,19H,12H2,1-3H3,(H,21,22)/b20-13+. The molecule has 0 atom stereocenters. The molecule has 6 nitrogen and oxygen atoms in total. The van der Waals surface area contributed by atoms with Crippen molar-refractivity contribution in [2.24, 2.45) is 5.10 Å². The van der Waals surface area contributed by atoms with Gasteiger partial charge in [-0.25, -0.2) is 5.43 Å². The number of benzene rings is 2. The van der Waals surface area contributed by atoms with E-state index in [0.717, 1.165) is 22.7 Å². The van der Waals surface area contributed by atoms with Gasteiger partial charge in [0.2, 0.25) is 0 Å². The Morgan fingerprint density at radius 3 is 2.42 bits per heavy atom. The van der Waals surface area contributed by atoms with Crippen LogP contribution in [0.3, 0.4) is 0 Å². The number of methoxy groups -OCH3 is 2. The van der Waals surface area contributed by atoms with E-state index >= 15 is 0 Å². The highest BCUT2D eigenvalue weighted by atomic mass is 16.5. The van der Waals surface area contributed by atoms with E-state index in [1.165, 1.54) is 0 Å². The Labute approximate surface area is 141 Å². The largest absolute Gasteiger partial charge is 0.497 e. The fourth-order valence-electron chi connectivity index (χ4n) is 1.99. The summed E-state index contributed by atoms with van der Waals surface area (Å²) in [5.74, 6) is 1.28. The molecular weight excluding hydrogens is 306 g/mol. The molecule has 0 fully saturated rings. The first-order valence-electron chi connectivity index (χ1n) is 7.48. The normalized spacial score (nSPS) is 10.9. The highest BCUT2D eigenvalue weighted by molar-refractivity contribution is 5.99. The van der Waals surface area contributed by atoms with Crippen LogP contribution in [0.15, 0.2) is 53.6 Å². The summed E-state index contributed by atoms with van der Waals surface area (Å²) in [7, 11) is 3.22. The van der Waals surface area contributed by atoms with Crippen molar-refractivity contribution < 1.29 is 14.3 Å². The highest BCUT2D eigenvalue weighted by Gasteiger charge is 2.03. The summed E-state index contributed by atoms with van der Waals surface area (Å²) < 4.78 is 10.3. The fourth-order valence-corrected chi connectivity index (χ4v) is 1.99. The van der Waals surface area contributed by atoms with E-state index < -0.39 is 0 Å². The molecule has 0 aromatic heterocycles. The molecule has 0 aliphatic carbocycles. The third kappa shape index (κ3) is 5.01. The Balaban J connectivity index is 1.86. The van der Waals surface area contributed by atoms with Crippen LogP contribution in [0.4, 0.5) is 5.69 Å². The van der Waals surface area contributed by atoms with Crippen LogP contribution in [-0.4, -0.2) is 32.4 Å². The molecule has 0 bridgehead atoms. The van der Waals surface area contributed by atoms with Gasteiger partial charge in [-0.05, 0) is 43.3 Å². The minimum atomic E-state index is -0.229. The molecule has 2 N–H and O–H groups in total. The van der Waals surface area contributed by atoms with Crippen molar-refractivity contribution in [3.8, 4) is 11.5 Å². The van der Waals surface area contributed by atoms with Gasteiger partial charge in [0.25, 0.3) is 5.91 Å². The average Bonchev–Trinajstić information content (AvgIpc) is 2.64. The first kappa shape index (κ1) is 17.3. The van der Waals surface area contributed by atoms with Gasteiger partial charge in [-0.3, -0.25) is 4.79 Å². The zero-order valence-electron chi connectivity index (χ0n) is 14.0. The molecule has 0 spiro atoms. The van der Waals surface area contributed by atoms with Crippen LogP contribution >= 0.6 is 0 Å². The molecule has 0 aliphatic heterocycles. The first-order chi connectivity index (χ1) is 11.6. The quantitative estimate of drug-likeness (QED) is 0.606. The van der Waals surface area contributed by atoms with Crippen LogP contribution in [0, 0.1) is 0 Å². The maximum absolute atomic E-state index is 11.9. The number of nitrogens with one attached hydrogen (secondary N) is 2. The molecule has 24 heavy (non-hydrogen) atoms. The zero-order valence-corrected chi connectivity index (χ0v) is 14.0. The second-order valence-corrected chi connectivity index (χ2v) is 5.05. The molecule has 0 heterocycles. The van der Waals surface area contributed by atoms with E-state index in [2.05, 4.69) is 15.8 Å². The molecule has 0 saturated heterocycles. The number of carbonyl (C=O) groups excluding carboxylic acids is 1. The number of hydrazone groups is 1. The summed E-state index contributed by atoms with van der Waals surface area (Å²) in [6.07, 6.45) is 0. The first-order valence-corrected chi connectivity index (χ1v) is 7.48. The second kappa shape index (κ2) is 8.57. The molecule has 0 saturated carbocycles. The number of anilines is 1. The van der Waals surface area contributed by atoms with E-state index in [9.17, 15) is 4.79 Å². The number of hydrogen-bond donors (Lipinski definition) is 2. The number of rotatable bonds is 7. The van der Waals surface area contributed by atoms with Crippen molar-refractivity contribution in [3.63, 3.8) is 0 Å². The summed E-state index contributed by atoms with van der Waals surface area (Å²) >= 11 is 0. The van der Waals surface area contributed by atoms with E-state index in [1.54, 1.807) is 14.2 Å². The van der Waals surface area contributed by atoms with Gasteiger partial charge in [-0.15, -0.1) is 0 Å². The van der Waals surface area contributed by atoms with Gasteiger partial charge in [0.1, 0.15) is 11.5 Å². The fraction of sp³-hybridized carbons (Fsp3) is 0.222. The van der Waals surface area contributed by atoms with Crippen LogP contribution in [0.1, 0.15) is 12.5 Å². The Bertz CT molecular complexity index is 712. The third-order valence-electron chi connectivity index (χ3n) is 3.38. The van der Waals surface area contributed by atoms with E-state index in [4.69, 9.17) is 9.47 Å². The number of carbonyl (C=O) groups is 1. The van der Waals surface area contributed by atoms with Crippen LogP contribution in [0.2, 0.25) is 0 Å². The summed E-state index contributed by atoms with van der Waals surface area (Å²) in [5, 5.41) is 7.13. The molecule has 2 aromatic rings. The van der Waals surface area contributed by atoms with Gasteiger partial charge in [-0.1, -0.05) is 12.1 Å². The van der Waals surface area contributed by atoms with Crippen molar-refractivity contribution in [1.29, 1.82) is 0 Å². The molecule has 0 radical (unpaired) electrons. The van der Waals surface area contributed by atoms with Crippen molar-refractivity contribution >= 4 is 17.3 Å². The number of amides is 1. The van der Waals surface area contributed by atoms with Gasteiger partial charge in [-0.2, -0.15) is 5.10 Å². The number of ether oxygens (including phenoxy) is 2. The van der Waals surface area contributed by atoms with Gasteiger partial charge in [0.05, 0.1) is 26.5 Å². The molecule has 2 aromatic carbocycles. The highest BCUT2D eigenvalue weighted by Crippen LogP contribution is 2.15. The lowest BCUT2D eigenvalue weighted by molar-refractivity contribution is -0.119. The summed E-state index contributed by atoms with van der Waals surface area (Å²) in [6.45, 7) is 1.95.